The molecule has 3 fully saturated rings. The van der Waals surface area contributed by atoms with Crippen molar-refractivity contribution in [2.24, 2.45) is 11.7 Å². The van der Waals surface area contributed by atoms with Gasteiger partial charge in [0, 0.05) is 12.6 Å². The van der Waals surface area contributed by atoms with Gasteiger partial charge in [0.2, 0.25) is 5.91 Å². The fourth-order valence-electron chi connectivity index (χ4n) is 5.34. The maximum absolute atomic E-state index is 13.8. The molecule has 0 radical (unpaired) electrons. The smallest absolute Gasteiger partial charge is 0.262 e. The Morgan fingerprint density at radius 1 is 1.33 bits per heavy atom. The number of rotatable bonds is 6. The number of ether oxygens (including phenoxy) is 2. The first-order valence-corrected chi connectivity index (χ1v) is 13.2. The number of hydrogen-bond donors (Lipinski definition) is 2. The van der Waals surface area contributed by atoms with Crippen molar-refractivity contribution in [3.63, 3.8) is 0 Å². The van der Waals surface area contributed by atoms with E-state index in [0.717, 1.165) is 37.0 Å². The zero-order valence-corrected chi connectivity index (χ0v) is 21.4. The Labute approximate surface area is 217 Å². The highest BCUT2D eigenvalue weighted by molar-refractivity contribution is 7.17. The lowest BCUT2D eigenvalue weighted by molar-refractivity contribution is -0.140. The van der Waals surface area contributed by atoms with E-state index in [1.807, 2.05) is 0 Å². The van der Waals surface area contributed by atoms with Gasteiger partial charge in [-0.2, -0.15) is 5.10 Å². The van der Waals surface area contributed by atoms with Crippen molar-refractivity contribution in [3.05, 3.63) is 29.3 Å². The molecule has 3 aliphatic rings. The summed E-state index contributed by atoms with van der Waals surface area (Å²) in [6, 6.07) is 3.49. The van der Waals surface area contributed by atoms with Crippen molar-refractivity contribution in [2.75, 3.05) is 20.3 Å². The number of nitrogens with zero attached hydrogens (tertiary/aromatic N) is 3. The summed E-state index contributed by atoms with van der Waals surface area (Å²) >= 11 is 7.68. The summed E-state index contributed by atoms with van der Waals surface area (Å²) in [5.41, 5.74) is 5.48. The van der Waals surface area contributed by atoms with Crippen LogP contribution in [0.4, 0.5) is 0 Å². The number of Topliss-reactive ketones (excluding diaryl/α,β-unsaturated/α-hetero) is 1. The number of aromatic nitrogens is 2. The molecule has 1 unspecified atom stereocenters. The Kier molecular flexibility index (Phi) is 6.99. The molecule has 4 heterocycles. The Morgan fingerprint density at radius 2 is 2.11 bits per heavy atom. The molecule has 0 aromatic carbocycles. The molecule has 10 nitrogen and oxygen atoms in total. The molecule has 12 heteroatoms. The van der Waals surface area contributed by atoms with Gasteiger partial charge < -0.3 is 25.4 Å². The number of carbonyl (C=O) groups is 3. The van der Waals surface area contributed by atoms with Crippen molar-refractivity contribution in [1.82, 2.24) is 20.4 Å². The molecule has 0 bridgehead atoms. The summed E-state index contributed by atoms with van der Waals surface area (Å²) in [5, 5.41) is 10.3. The normalized spacial score (nSPS) is 27.1. The summed E-state index contributed by atoms with van der Waals surface area (Å²) in [6.07, 6.45) is 6.18. The Bertz CT molecular complexity index is 1170. The Morgan fingerprint density at radius 3 is 2.86 bits per heavy atom. The lowest BCUT2D eigenvalue weighted by Crippen LogP contribution is -2.59. The monoisotopic (exact) mass is 533 g/mol. The number of alkyl halides is 1. The number of hydrogen-bond acceptors (Lipinski definition) is 9. The first-order valence-electron chi connectivity index (χ1n) is 12.0. The fraction of sp³-hybridized carbons (Fsp3) is 0.542. The first kappa shape index (κ1) is 25.1. The number of ketones is 1. The SMILES string of the molecule is COc1cnnc(-c2ccc(C(=O)N[C@H](C(=O)N3C[C@H](Cl)[C@@]4(N)OCC(=O)C34)C3CCCCC3)s2)c1. The molecule has 2 aromatic rings. The lowest BCUT2D eigenvalue weighted by atomic mass is 9.83. The van der Waals surface area contributed by atoms with E-state index >= 15 is 0 Å². The molecule has 5 rings (SSSR count). The van der Waals surface area contributed by atoms with Gasteiger partial charge in [0.15, 0.2) is 11.5 Å². The molecule has 1 aliphatic carbocycles. The van der Waals surface area contributed by atoms with Crippen LogP contribution in [0.1, 0.15) is 41.8 Å². The van der Waals surface area contributed by atoms with E-state index in [2.05, 4.69) is 15.5 Å². The number of carbonyl (C=O) groups excluding carboxylic acids is 3. The number of likely N-dealkylation sites (tertiary alicyclic amines) is 1. The fourth-order valence-corrected chi connectivity index (χ4v) is 6.54. The van der Waals surface area contributed by atoms with Gasteiger partial charge in [0.05, 0.1) is 28.4 Å². The van der Waals surface area contributed by atoms with E-state index in [1.165, 1.54) is 22.4 Å². The van der Waals surface area contributed by atoms with Crippen LogP contribution in [0.15, 0.2) is 24.4 Å². The van der Waals surface area contributed by atoms with E-state index in [9.17, 15) is 14.4 Å². The molecule has 36 heavy (non-hydrogen) atoms. The first-order chi connectivity index (χ1) is 17.3. The van der Waals surface area contributed by atoms with Crippen molar-refractivity contribution in [2.45, 2.75) is 55.3 Å². The molecule has 2 saturated heterocycles. The van der Waals surface area contributed by atoms with Crippen molar-refractivity contribution in [1.29, 1.82) is 0 Å². The van der Waals surface area contributed by atoms with Crippen LogP contribution in [0.5, 0.6) is 5.75 Å². The minimum Gasteiger partial charge on any atom is -0.495 e. The highest BCUT2D eigenvalue weighted by Crippen LogP contribution is 2.38. The number of fused-ring (bicyclic) bond motifs is 1. The topological polar surface area (TPSA) is 137 Å². The highest BCUT2D eigenvalue weighted by atomic mass is 35.5. The zero-order valence-electron chi connectivity index (χ0n) is 19.8. The quantitative estimate of drug-likeness (QED) is 0.538. The zero-order chi connectivity index (χ0) is 25.4. The third-order valence-corrected chi connectivity index (χ3v) is 8.84. The molecule has 1 saturated carbocycles. The Hall–Kier alpha value is -2.60. The largest absolute Gasteiger partial charge is 0.495 e. The molecule has 3 N–H and O–H groups in total. The van der Waals surface area contributed by atoms with Crippen LogP contribution in [0.25, 0.3) is 10.6 Å². The van der Waals surface area contributed by atoms with Crippen LogP contribution in [-0.4, -0.2) is 76.1 Å². The van der Waals surface area contributed by atoms with Crippen molar-refractivity contribution in [3.8, 4) is 16.3 Å². The van der Waals surface area contributed by atoms with Gasteiger partial charge in [0.1, 0.15) is 30.1 Å². The predicted molar refractivity (Wildman–Crippen MR) is 133 cm³/mol. The lowest BCUT2D eigenvalue weighted by Gasteiger charge is -2.34. The van der Waals surface area contributed by atoms with E-state index < -0.39 is 23.2 Å². The van der Waals surface area contributed by atoms with Gasteiger partial charge in [0.25, 0.3) is 5.91 Å². The standard InChI is InChI=1S/C24H28ClN5O5S/c1-34-14-9-15(29-27-10-14)17-7-8-18(36-17)22(32)28-20(13-5-3-2-4-6-13)23(33)30-11-19(25)24(26)21(30)16(31)12-35-24/h7-10,13,19-21H,2-6,11-12,26H2,1H3,(H,28,32)/t19-,20-,21?,24+/m0/s1. The second kappa shape index (κ2) is 10.0. The minimum absolute atomic E-state index is 0.0437. The molecule has 0 spiro atoms. The van der Waals surface area contributed by atoms with Gasteiger partial charge in [-0.05, 0) is 30.9 Å². The van der Waals surface area contributed by atoms with E-state index in [4.69, 9.17) is 26.8 Å². The van der Waals surface area contributed by atoms with Crippen LogP contribution < -0.4 is 15.8 Å². The highest BCUT2D eigenvalue weighted by Gasteiger charge is 2.61. The van der Waals surface area contributed by atoms with Gasteiger partial charge in [-0.15, -0.1) is 28.0 Å². The number of amides is 2. The molecule has 2 aromatic heterocycles. The molecular weight excluding hydrogens is 506 g/mol. The van der Waals surface area contributed by atoms with Crippen molar-refractivity contribution >= 4 is 40.5 Å². The molecule has 192 valence electrons. The maximum Gasteiger partial charge on any atom is 0.262 e. The van der Waals surface area contributed by atoms with E-state index in [0.29, 0.717) is 16.3 Å². The number of thiophene rings is 1. The summed E-state index contributed by atoms with van der Waals surface area (Å²) < 4.78 is 10.7. The Balaban J connectivity index is 1.38. The second-order valence-electron chi connectivity index (χ2n) is 9.46. The number of methoxy groups -OCH3 is 1. The van der Waals surface area contributed by atoms with E-state index in [-0.39, 0.29) is 36.7 Å². The molecule has 2 amide bonds. The average molecular weight is 534 g/mol. The van der Waals surface area contributed by atoms with Gasteiger partial charge in [-0.25, -0.2) is 0 Å². The van der Waals surface area contributed by atoms with Gasteiger partial charge >= 0.3 is 0 Å². The number of nitrogens with one attached hydrogen (secondary N) is 1. The van der Waals surface area contributed by atoms with E-state index in [1.54, 1.807) is 25.3 Å². The summed E-state index contributed by atoms with van der Waals surface area (Å²) in [6.45, 7) is -0.0934. The summed E-state index contributed by atoms with van der Waals surface area (Å²) in [5.74, 6) is -0.456. The number of nitrogens with two attached hydrogens (primary N) is 1. The maximum atomic E-state index is 13.8. The van der Waals surface area contributed by atoms with Crippen LogP contribution in [0, 0.1) is 5.92 Å². The van der Waals surface area contributed by atoms with Crippen LogP contribution in [0.3, 0.4) is 0 Å². The minimum atomic E-state index is -1.41. The summed E-state index contributed by atoms with van der Waals surface area (Å²) in [4.78, 5) is 42.4. The predicted octanol–water partition coefficient (Wildman–Crippen LogP) is 1.96. The van der Waals surface area contributed by atoms with Crippen LogP contribution in [-0.2, 0) is 14.3 Å². The van der Waals surface area contributed by atoms with Crippen LogP contribution >= 0.6 is 22.9 Å². The molecular formula is C24H28ClN5O5S. The average Bonchev–Trinajstić information content (AvgIpc) is 3.58. The van der Waals surface area contributed by atoms with Crippen molar-refractivity contribution < 1.29 is 23.9 Å². The van der Waals surface area contributed by atoms with Crippen LogP contribution in [0.2, 0.25) is 0 Å². The third-order valence-electron chi connectivity index (χ3n) is 7.26. The third kappa shape index (κ3) is 4.49. The van der Waals surface area contributed by atoms with Gasteiger partial charge in [-0.1, -0.05) is 19.3 Å². The summed E-state index contributed by atoms with van der Waals surface area (Å²) in [7, 11) is 1.54. The second-order valence-corrected chi connectivity index (χ2v) is 11.1. The van der Waals surface area contributed by atoms with Gasteiger partial charge in [-0.3, -0.25) is 14.4 Å². The number of halogens is 1. The molecule has 2 aliphatic heterocycles. The molecule has 4 atom stereocenters.